The molecule has 0 amide bonds. The van der Waals surface area contributed by atoms with Crippen molar-refractivity contribution in [3.63, 3.8) is 0 Å². The van der Waals surface area contributed by atoms with Gasteiger partial charge in [-0.25, -0.2) is 0 Å². The summed E-state index contributed by atoms with van der Waals surface area (Å²) >= 11 is 0. The summed E-state index contributed by atoms with van der Waals surface area (Å²) in [7, 11) is 0. The molecule has 0 radical (unpaired) electrons. The predicted molar refractivity (Wildman–Crippen MR) is 45.0 cm³/mol. The van der Waals surface area contributed by atoms with E-state index in [9.17, 15) is 9.59 Å². The third-order valence-electron chi connectivity index (χ3n) is 2.57. The third-order valence-corrected chi connectivity index (χ3v) is 2.57. The molecular weight excluding hydrogens is 186 g/mol. The van der Waals surface area contributed by atoms with Gasteiger partial charge < -0.3 is 9.63 Å². The molecule has 2 rings (SSSR count). The summed E-state index contributed by atoms with van der Waals surface area (Å²) in [4.78, 5) is 20.8. The summed E-state index contributed by atoms with van der Waals surface area (Å²) in [6.07, 6.45) is 1.75. The van der Waals surface area contributed by atoms with Gasteiger partial charge in [0.15, 0.2) is 12.0 Å². The molecule has 1 saturated carbocycles. The number of nitrogens with zero attached hydrogens (tertiary/aromatic N) is 1. The van der Waals surface area contributed by atoms with Crippen LogP contribution in [0.15, 0.2) is 10.6 Å². The normalized spacial score (nSPS) is 25.4. The number of carbonyl (C=O) groups excluding carboxylic acids is 1. The quantitative estimate of drug-likeness (QED) is 0.729. The largest absolute Gasteiger partial charge is 0.481 e. The predicted octanol–water partition coefficient (Wildman–Crippen LogP) is 1.07. The second-order valence-corrected chi connectivity index (χ2v) is 3.48. The molecule has 0 spiro atoms. The van der Waals surface area contributed by atoms with E-state index in [1.807, 2.05) is 0 Å². The van der Waals surface area contributed by atoms with E-state index in [1.165, 1.54) is 0 Å². The lowest BCUT2D eigenvalue weighted by Gasteiger charge is -2.30. The van der Waals surface area contributed by atoms with Crippen molar-refractivity contribution in [3.05, 3.63) is 17.5 Å². The van der Waals surface area contributed by atoms with Crippen LogP contribution in [0.3, 0.4) is 0 Å². The molecule has 74 valence electrons. The maximum atomic E-state index is 10.5. The van der Waals surface area contributed by atoms with Crippen molar-refractivity contribution in [1.82, 2.24) is 5.16 Å². The Balaban J connectivity index is 1.99. The number of carboxylic acid groups (broad SMARTS) is 1. The summed E-state index contributed by atoms with van der Waals surface area (Å²) in [5.41, 5.74) is 0.685. The molecule has 1 aliphatic rings. The van der Waals surface area contributed by atoms with Gasteiger partial charge in [-0.15, -0.1) is 0 Å². The molecule has 1 fully saturated rings. The van der Waals surface area contributed by atoms with Crippen molar-refractivity contribution in [1.29, 1.82) is 0 Å². The Hall–Kier alpha value is -1.65. The molecule has 0 atom stereocenters. The van der Waals surface area contributed by atoms with Gasteiger partial charge >= 0.3 is 5.97 Å². The van der Waals surface area contributed by atoms with E-state index in [2.05, 4.69) is 5.16 Å². The molecule has 0 bridgehead atoms. The first-order valence-electron chi connectivity index (χ1n) is 4.35. The highest BCUT2D eigenvalue weighted by atomic mass is 16.5. The van der Waals surface area contributed by atoms with Gasteiger partial charge in [0, 0.05) is 12.0 Å². The summed E-state index contributed by atoms with van der Waals surface area (Å²) in [6, 6.07) is 1.57. The van der Waals surface area contributed by atoms with E-state index in [4.69, 9.17) is 9.63 Å². The molecule has 0 aliphatic heterocycles. The zero-order valence-corrected chi connectivity index (χ0v) is 7.34. The van der Waals surface area contributed by atoms with E-state index in [0.717, 1.165) is 0 Å². The minimum absolute atomic E-state index is 0.133. The molecule has 1 aromatic heterocycles. The van der Waals surface area contributed by atoms with Crippen LogP contribution < -0.4 is 0 Å². The smallest absolute Gasteiger partial charge is 0.306 e. The highest BCUT2D eigenvalue weighted by Crippen LogP contribution is 2.41. The molecule has 1 aromatic rings. The minimum Gasteiger partial charge on any atom is -0.481 e. The van der Waals surface area contributed by atoms with E-state index in [0.29, 0.717) is 24.8 Å². The molecule has 1 heterocycles. The lowest BCUT2D eigenvalue weighted by atomic mass is 9.73. The Morgan fingerprint density at radius 3 is 2.86 bits per heavy atom. The molecule has 0 aromatic carbocycles. The van der Waals surface area contributed by atoms with Crippen LogP contribution in [0.2, 0.25) is 0 Å². The van der Waals surface area contributed by atoms with E-state index in [1.54, 1.807) is 6.07 Å². The van der Waals surface area contributed by atoms with Gasteiger partial charge in [-0.2, -0.15) is 0 Å². The molecule has 14 heavy (non-hydrogen) atoms. The van der Waals surface area contributed by atoms with Gasteiger partial charge in [0.25, 0.3) is 0 Å². The number of aromatic nitrogens is 1. The van der Waals surface area contributed by atoms with Gasteiger partial charge in [-0.3, -0.25) is 9.59 Å². The molecule has 0 unspecified atom stereocenters. The van der Waals surface area contributed by atoms with Crippen molar-refractivity contribution in [2.75, 3.05) is 0 Å². The van der Waals surface area contributed by atoms with Crippen LogP contribution in [0.4, 0.5) is 0 Å². The highest BCUT2D eigenvalue weighted by molar-refractivity contribution is 5.72. The topological polar surface area (TPSA) is 80.4 Å². The van der Waals surface area contributed by atoms with Crippen molar-refractivity contribution in [2.45, 2.75) is 18.8 Å². The van der Waals surface area contributed by atoms with Crippen LogP contribution in [0.5, 0.6) is 0 Å². The summed E-state index contributed by atoms with van der Waals surface area (Å²) in [6.45, 7) is 0. The van der Waals surface area contributed by atoms with Gasteiger partial charge in [0.05, 0.1) is 11.6 Å². The Labute approximate surface area is 79.7 Å². The van der Waals surface area contributed by atoms with Gasteiger partial charge in [-0.05, 0) is 12.8 Å². The number of rotatable bonds is 3. The summed E-state index contributed by atoms with van der Waals surface area (Å²) in [5.74, 6) is -0.705. The molecule has 5 heteroatoms. The zero-order chi connectivity index (χ0) is 10.1. The Morgan fingerprint density at radius 2 is 2.36 bits per heavy atom. The second-order valence-electron chi connectivity index (χ2n) is 3.48. The highest BCUT2D eigenvalue weighted by Gasteiger charge is 2.36. The first kappa shape index (κ1) is 8.93. The number of aliphatic carboxylic acids is 1. The lowest BCUT2D eigenvalue weighted by molar-refractivity contribution is -0.145. The first-order chi connectivity index (χ1) is 6.70. The van der Waals surface area contributed by atoms with Crippen LogP contribution in [-0.2, 0) is 4.79 Å². The van der Waals surface area contributed by atoms with E-state index < -0.39 is 5.97 Å². The molecule has 1 N–H and O–H groups in total. The van der Waals surface area contributed by atoms with Crippen molar-refractivity contribution in [3.8, 4) is 0 Å². The van der Waals surface area contributed by atoms with Crippen LogP contribution in [0.25, 0.3) is 0 Å². The number of hydrogen-bond donors (Lipinski definition) is 1. The van der Waals surface area contributed by atoms with Crippen molar-refractivity contribution < 1.29 is 19.2 Å². The number of aldehydes is 1. The Morgan fingerprint density at radius 1 is 1.64 bits per heavy atom. The zero-order valence-electron chi connectivity index (χ0n) is 7.34. The van der Waals surface area contributed by atoms with Gasteiger partial charge in [-0.1, -0.05) is 5.16 Å². The van der Waals surface area contributed by atoms with Crippen molar-refractivity contribution >= 4 is 12.3 Å². The number of carboxylic acids is 1. The Bertz CT molecular complexity index is 365. The fourth-order valence-electron chi connectivity index (χ4n) is 1.61. The minimum atomic E-state index is -0.764. The Kier molecular flexibility index (Phi) is 2.07. The second kappa shape index (κ2) is 3.25. The molecule has 1 aliphatic carbocycles. The summed E-state index contributed by atoms with van der Waals surface area (Å²) < 4.78 is 4.70. The van der Waals surface area contributed by atoms with Crippen LogP contribution in [-0.4, -0.2) is 22.5 Å². The number of hydrogen-bond acceptors (Lipinski definition) is 4. The lowest BCUT2D eigenvalue weighted by Crippen LogP contribution is -2.28. The van der Waals surface area contributed by atoms with E-state index in [-0.39, 0.29) is 17.6 Å². The molecule has 0 saturated heterocycles. The average molecular weight is 195 g/mol. The standard InChI is InChI=1S/C9H9NO4/c11-4-7-3-8(10-14-7)5-1-6(2-5)9(12)13/h3-6H,1-2H2,(H,12,13). The van der Waals surface area contributed by atoms with Crippen molar-refractivity contribution in [2.24, 2.45) is 5.92 Å². The van der Waals surface area contributed by atoms with Crippen LogP contribution in [0, 0.1) is 5.92 Å². The average Bonchev–Trinajstić information content (AvgIpc) is 2.49. The maximum Gasteiger partial charge on any atom is 0.306 e. The SMILES string of the molecule is O=Cc1cc(C2CC(C(=O)O)C2)no1. The monoisotopic (exact) mass is 195 g/mol. The summed E-state index contributed by atoms with van der Waals surface area (Å²) in [5, 5.41) is 12.4. The van der Waals surface area contributed by atoms with Gasteiger partial charge in [0.1, 0.15) is 0 Å². The fraction of sp³-hybridized carbons (Fsp3) is 0.444. The first-order valence-corrected chi connectivity index (χ1v) is 4.35. The molecule has 5 nitrogen and oxygen atoms in total. The molecular formula is C9H9NO4. The van der Waals surface area contributed by atoms with Gasteiger partial charge in [0.2, 0.25) is 0 Å². The van der Waals surface area contributed by atoms with Crippen LogP contribution >= 0.6 is 0 Å². The van der Waals surface area contributed by atoms with Crippen LogP contribution in [0.1, 0.15) is 35.0 Å². The maximum absolute atomic E-state index is 10.5. The number of carbonyl (C=O) groups is 2. The fourth-order valence-corrected chi connectivity index (χ4v) is 1.61. The van der Waals surface area contributed by atoms with E-state index >= 15 is 0 Å². The third kappa shape index (κ3) is 1.41.